The molecule has 3 heteroatoms. The third-order valence-corrected chi connectivity index (χ3v) is 3.54. The van der Waals surface area contributed by atoms with E-state index in [1.54, 1.807) is 6.07 Å². The average molecular weight is 255 g/mol. The predicted molar refractivity (Wildman–Crippen MR) is 71.5 cm³/mol. The van der Waals surface area contributed by atoms with Crippen LogP contribution in [0.1, 0.15) is 51.1 Å². The second kappa shape index (κ2) is 7.47. The van der Waals surface area contributed by atoms with E-state index in [9.17, 15) is 8.78 Å². The van der Waals surface area contributed by atoms with E-state index in [1.165, 1.54) is 18.6 Å². The van der Waals surface area contributed by atoms with Gasteiger partial charge in [-0.15, -0.1) is 0 Å². The number of hydrogen-bond acceptors (Lipinski definition) is 1. The van der Waals surface area contributed by atoms with Crippen LogP contribution in [0.3, 0.4) is 0 Å². The lowest BCUT2D eigenvalue weighted by Crippen LogP contribution is -2.25. The number of nitrogens with one attached hydrogen (secondary N) is 1. The van der Waals surface area contributed by atoms with Gasteiger partial charge in [0.05, 0.1) is 0 Å². The summed E-state index contributed by atoms with van der Waals surface area (Å²) in [4.78, 5) is 0. The summed E-state index contributed by atoms with van der Waals surface area (Å²) in [6, 6.07) is 4.29. The summed E-state index contributed by atoms with van der Waals surface area (Å²) in [5.41, 5.74) is 0.833. The molecule has 2 unspecified atom stereocenters. The van der Waals surface area contributed by atoms with Crippen molar-refractivity contribution in [2.75, 3.05) is 7.05 Å². The zero-order chi connectivity index (χ0) is 13.5. The predicted octanol–water partition coefficient (Wildman–Crippen LogP) is 4.44. The van der Waals surface area contributed by atoms with Crippen molar-refractivity contribution in [3.63, 3.8) is 0 Å². The maximum Gasteiger partial charge on any atom is 0.159 e. The maximum absolute atomic E-state index is 13.3. The van der Waals surface area contributed by atoms with Gasteiger partial charge in [0.25, 0.3) is 0 Å². The zero-order valence-corrected chi connectivity index (χ0v) is 11.5. The molecule has 1 nitrogen and oxygen atoms in total. The van der Waals surface area contributed by atoms with Gasteiger partial charge in [-0.25, -0.2) is 8.78 Å². The van der Waals surface area contributed by atoms with Crippen LogP contribution in [0, 0.1) is 17.6 Å². The molecule has 0 amide bonds. The first-order chi connectivity index (χ1) is 8.63. The zero-order valence-electron chi connectivity index (χ0n) is 11.5. The van der Waals surface area contributed by atoms with E-state index in [1.807, 2.05) is 7.05 Å². The summed E-state index contributed by atoms with van der Waals surface area (Å²) >= 11 is 0. The minimum Gasteiger partial charge on any atom is -0.313 e. The molecule has 0 saturated carbocycles. The SMILES string of the molecule is CCCCC(CC)C(NC)c1ccc(F)c(F)c1. The third-order valence-electron chi connectivity index (χ3n) is 3.54. The lowest BCUT2D eigenvalue weighted by atomic mass is 9.87. The van der Waals surface area contributed by atoms with Gasteiger partial charge in [-0.1, -0.05) is 39.2 Å². The average Bonchev–Trinajstić information content (AvgIpc) is 2.38. The van der Waals surface area contributed by atoms with Crippen LogP contribution in [0.25, 0.3) is 0 Å². The van der Waals surface area contributed by atoms with Gasteiger partial charge >= 0.3 is 0 Å². The Balaban J connectivity index is 2.88. The van der Waals surface area contributed by atoms with E-state index in [0.29, 0.717) is 5.92 Å². The van der Waals surface area contributed by atoms with Crippen molar-refractivity contribution in [3.05, 3.63) is 35.4 Å². The summed E-state index contributed by atoms with van der Waals surface area (Å²) in [5.74, 6) is -1.09. The minimum absolute atomic E-state index is 0.0941. The fraction of sp³-hybridized carbons (Fsp3) is 0.600. The highest BCUT2D eigenvalue weighted by Crippen LogP contribution is 2.29. The van der Waals surface area contributed by atoms with E-state index in [2.05, 4.69) is 19.2 Å². The van der Waals surface area contributed by atoms with Crippen LogP contribution in [0.2, 0.25) is 0 Å². The molecular weight excluding hydrogens is 232 g/mol. The van der Waals surface area contributed by atoms with Crippen LogP contribution in [-0.4, -0.2) is 7.05 Å². The molecule has 0 aliphatic heterocycles. The quantitative estimate of drug-likeness (QED) is 0.759. The molecule has 1 N–H and O–H groups in total. The molecule has 102 valence electrons. The molecule has 0 bridgehead atoms. The van der Waals surface area contributed by atoms with Gasteiger partial charge in [0, 0.05) is 6.04 Å². The van der Waals surface area contributed by atoms with Crippen LogP contribution in [0.15, 0.2) is 18.2 Å². The van der Waals surface area contributed by atoms with Crippen LogP contribution in [0.4, 0.5) is 8.78 Å². The lowest BCUT2D eigenvalue weighted by Gasteiger charge is -2.26. The Kier molecular flexibility index (Phi) is 6.27. The highest BCUT2D eigenvalue weighted by Gasteiger charge is 2.20. The topological polar surface area (TPSA) is 12.0 Å². The fourth-order valence-corrected chi connectivity index (χ4v) is 2.45. The Bertz CT molecular complexity index is 366. The van der Waals surface area contributed by atoms with E-state index in [-0.39, 0.29) is 6.04 Å². The van der Waals surface area contributed by atoms with Gasteiger partial charge in [-0.2, -0.15) is 0 Å². The van der Waals surface area contributed by atoms with E-state index in [0.717, 1.165) is 24.8 Å². The lowest BCUT2D eigenvalue weighted by molar-refractivity contribution is 0.337. The van der Waals surface area contributed by atoms with Crippen molar-refractivity contribution in [2.45, 2.75) is 45.6 Å². The van der Waals surface area contributed by atoms with Crippen molar-refractivity contribution in [1.82, 2.24) is 5.32 Å². The van der Waals surface area contributed by atoms with Crippen LogP contribution >= 0.6 is 0 Å². The molecule has 2 atom stereocenters. The molecule has 1 rings (SSSR count). The smallest absolute Gasteiger partial charge is 0.159 e. The number of halogens is 2. The number of unbranched alkanes of at least 4 members (excludes halogenated alkanes) is 1. The van der Waals surface area contributed by atoms with Gasteiger partial charge in [-0.05, 0) is 37.1 Å². The Hall–Kier alpha value is -0.960. The Morgan fingerprint density at radius 3 is 2.39 bits per heavy atom. The number of benzene rings is 1. The van der Waals surface area contributed by atoms with Gasteiger partial charge in [0.2, 0.25) is 0 Å². The minimum atomic E-state index is -0.782. The first-order valence-corrected chi connectivity index (χ1v) is 6.76. The molecule has 0 aromatic heterocycles. The summed E-state index contributed by atoms with van der Waals surface area (Å²) in [6.07, 6.45) is 4.47. The third kappa shape index (κ3) is 3.77. The second-order valence-corrected chi connectivity index (χ2v) is 4.75. The summed E-state index contributed by atoms with van der Waals surface area (Å²) in [7, 11) is 1.88. The molecule has 0 fully saturated rings. The van der Waals surface area contributed by atoms with E-state index >= 15 is 0 Å². The Morgan fingerprint density at radius 2 is 1.89 bits per heavy atom. The highest BCUT2D eigenvalue weighted by atomic mass is 19.2. The van der Waals surface area contributed by atoms with Gasteiger partial charge < -0.3 is 5.32 Å². The molecule has 0 saturated heterocycles. The second-order valence-electron chi connectivity index (χ2n) is 4.75. The largest absolute Gasteiger partial charge is 0.313 e. The van der Waals surface area contributed by atoms with Crippen molar-refractivity contribution < 1.29 is 8.78 Å². The van der Waals surface area contributed by atoms with Crippen molar-refractivity contribution in [2.24, 2.45) is 5.92 Å². The molecule has 0 aliphatic carbocycles. The van der Waals surface area contributed by atoms with Crippen LogP contribution in [-0.2, 0) is 0 Å². The van der Waals surface area contributed by atoms with Crippen molar-refractivity contribution in [3.8, 4) is 0 Å². The fourth-order valence-electron chi connectivity index (χ4n) is 2.45. The molecule has 1 aromatic carbocycles. The van der Waals surface area contributed by atoms with Crippen molar-refractivity contribution >= 4 is 0 Å². The normalized spacial score (nSPS) is 14.5. The van der Waals surface area contributed by atoms with E-state index < -0.39 is 11.6 Å². The van der Waals surface area contributed by atoms with E-state index in [4.69, 9.17) is 0 Å². The molecule has 0 aliphatic rings. The molecular formula is C15H23F2N. The first kappa shape index (κ1) is 15.1. The van der Waals surface area contributed by atoms with Crippen LogP contribution < -0.4 is 5.32 Å². The summed E-state index contributed by atoms with van der Waals surface area (Å²) in [6.45, 7) is 4.31. The summed E-state index contributed by atoms with van der Waals surface area (Å²) < 4.78 is 26.2. The Morgan fingerprint density at radius 1 is 1.17 bits per heavy atom. The standard InChI is InChI=1S/C15H23F2N/c1-4-6-7-11(5-2)15(18-3)12-8-9-13(16)14(17)10-12/h8-11,15,18H,4-7H2,1-3H3. The molecule has 18 heavy (non-hydrogen) atoms. The van der Waals surface area contributed by atoms with Gasteiger partial charge in [0.15, 0.2) is 11.6 Å². The summed E-state index contributed by atoms with van der Waals surface area (Å²) in [5, 5.41) is 3.24. The molecule has 0 radical (unpaired) electrons. The monoisotopic (exact) mass is 255 g/mol. The number of hydrogen-bond donors (Lipinski definition) is 1. The molecule has 1 aromatic rings. The maximum atomic E-state index is 13.3. The highest BCUT2D eigenvalue weighted by molar-refractivity contribution is 5.22. The molecule has 0 spiro atoms. The van der Waals surface area contributed by atoms with Crippen molar-refractivity contribution in [1.29, 1.82) is 0 Å². The molecule has 0 heterocycles. The first-order valence-electron chi connectivity index (χ1n) is 6.76. The van der Waals surface area contributed by atoms with Crippen LogP contribution in [0.5, 0.6) is 0 Å². The number of rotatable bonds is 7. The Labute approximate surface area is 109 Å². The van der Waals surface area contributed by atoms with Gasteiger partial charge in [-0.3, -0.25) is 0 Å². The van der Waals surface area contributed by atoms with Gasteiger partial charge in [0.1, 0.15) is 0 Å².